The topological polar surface area (TPSA) is 117 Å². The fraction of sp³-hybridized carbons (Fsp3) is 0.158. The lowest BCUT2D eigenvalue weighted by molar-refractivity contribution is 0.0576. The van der Waals surface area contributed by atoms with Crippen LogP contribution in [0.2, 0.25) is 0 Å². The third kappa shape index (κ3) is 4.36. The molecule has 3 N–H and O–H groups in total. The van der Waals surface area contributed by atoms with E-state index in [4.69, 9.17) is 4.74 Å². The maximum Gasteiger partial charge on any atom is 0.276 e. The fourth-order valence-corrected chi connectivity index (χ4v) is 2.45. The van der Waals surface area contributed by atoms with Gasteiger partial charge in [-0.15, -0.1) is 0 Å². The van der Waals surface area contributed by atoms with E-state index >= 15 is 0 Å². The lowest BCUT2D eigenvalue weighted by atomic mass is 10.1. The third-order valence-corrected chi connectivity index (χ3v) is 3.82. The smallest absolute Gasteiger partial charge is 0.276 e. The zero-order valence-electron chi connectivity index (χ0n) is 14.5. The molecule has 0 saturated carbocycles. The molecule has 0 aliphatic carbocycles. The van der Waals surface area contributed by atoms with E-state index in [1.807, 2.05) is 30.3 Å². The molecule has 0 aliphatic rings. The first-order valence-corrected chi connectivity index (χ1v) is 8.17. The zero-order chi connectivity index (χ0) is 19.2. The SMILES string of the molecule is COC(Cc1ccccc1)NC(=O)c1nc(-c2ccccn2)nc(O)c1O. The molecule has 1 aromatic carbocycles. The van der Waals surface area contributed by atoms with Crippen molar-refractivity contribution in [2.75, 3.05) is 7.11 Å². The minimum Gasteiger partial charge on any atom is -0.501 e. The molecule has 1 unspecified atom stereocenters. The predicted molar refractivity (Wildman–Crippen MR) is 97.0 cm³/mol. The Morgan fingerprint density at radius 1 is 1.11 bits per heavy atom. The molecule has 8 heteroatoms. The van der Waals surface area contributed by atoms with Gasteiger partial charge in [0.2, 0.25) is 5.75 Å². The standard InChI is InChI=1S/C19H18N4O4/c1-27-14(11-12-7-3-2-4-8-12)21-18(25)15-16(24)19(26)23-17(22-15)13-9-5-6-10-20-13/h2-10,14,24H,11H2,1H3,(H,21,25)(H,22,23,26). The summed E-state index contributed by atoms with van der Waals surface area (Å²) in [5, 5.41) is 22.5. The molecule has 138 valence electrons. The van der Waals surface area contributed by atoms with Crippen LogP contribution in [0.4, 0.5) is 0 Å². The second-order valence-corrected chi connectivity index (χ2v) is 5.67. The minimum atomic E-state index is -0.707. The highest BCUT2D eigenvalue weighted by atomic mass is 16.5. The van der Waals surface area contributed by atoms with Crippen molar-refractivity contribution in [2.45, 2.75) is 12.6 Å². The van der Waals surface area contributed by atoms with Crippen LogP contribution in [0.25, 0.3) is 11.5 Å². The number of methoxy groups -OCH3 is 1. The van der Waals surface area contributed by atoms with Crippen molar-refractivity contribution in [3.63, 3.8) is 0 Å². The number of hydrogen-bond donors (Lipinski definition) is 3. The van der Waals surface area contributed by atoms with Gasteiger partial charge in [-0.3, -0.25) is 9.78 Å². The van der Waals surface area contributed by atoms with E-state index in [0.29, 0.717) is 12.1 Å². The molecule has 2 aromatic heterocycles. The van der Waals surface area contributed by atoms with Crippen LogP contribution in [0.5, 0.6) is 11.6 Å². The number of pyridine rings is 1. The van der Waals surface area contributed by atoms with Gasteiger partial charge < -0.3 is 20.3 Å². The summed E-state index contributed by atoms with van der Waals surface area (Å²) in [6.07, 6.45) is 1.31. The number of ether oxygens (including phenoxy) is 1. The number of amides is 1. The highest BCUT2D eigenvalue weighted by Gasteiger charge is 2.23. The summed E-state index contributed by atoms with van der Waals surface area (Å²) in [4.78, 5) is 24.5. The minimum absolute atomic E-state index is 0.0214. The molecule has 3 aromatic rings. The van der Waals surface area contributed by atoms with Gasteiger partial charge in [-0.2, -0.15) is 4.98 Å². The molecule has 1 atom stereocenters. The monoisotopic (exact) mass is 366 g/mol. The molecule has 0 aliphatic heterocycles. The maximum atomic E-state index is 12.6. The Hall–Kier alpha value is -3.52. The Labute approximate surface area is 155 Å². The van der Waals surface area contributed by atoms with Crippen LogP contribution in [-0.2, 0) is 11.2 Å². The maximum absolute atomic E-state index is 12.6. The predicted octanol–water partition coefficient (Wildman–Crippen LogP) is 1.89. The largest absolute Gasteiger partial charge is 0.501 e. The average molecular weight is 366 g/mol. The lowest BCUT2D eigenvalue weighted by Crippen LogP contribution is -2.38. The molecule has 3 rings (SSSR count). The summed E-state index contributed by atoms with van der Waals surface area (Å²) < 4.78 is 5.30. The van der Waals surface area contributed by atoms with Gasteiger partial charge in [0.1, 0.15) is 11.9 Å². The van der Waals surface area contributed by atoms with E-state index in [9.17, 15) is 15.0 Å². The first kappa shape index (κ1) is 18.3. The molecule has 27 heavy (non-hydrogen) atoms. The number of aromatic hydroxyl groups is 2. The van der Waals surface area contributed by atoms with Gasteiger partial charge in [-0.05, 0) is 17.7 Å². The zero-order valence-corrected chi connectivity index (χ0v) is 14.5. The van der Waals surface area contributed by atoms with Crippen LogP contribution in [0.3, 0.4) is 0 Å². The summed E-state index contributed by atoms with van der Waals surface area (Å²) in [6.45, 7) is 0. The van der Waals surface area contributed by atoms with Gasteiger partial charge in [0.05, 0.1) is 0 Å². The molecule has 0 fully saturated rings. The molecular weight excluding hydrogens is 348 g/mol. The fourth-order valence-electron chi connectivity index (χ4n) is 2.45. The number of hydrogen-bond acceptors (Lipinski definition) is 7. The summed E-state index contributed by atoms with van der Waals surface area (Å²) in [6, 6.07) is 14.5. The van der Waals surface area contributed by atoms with E-state index in [1.54, 1.807) is 18.2 Å². The van der Waals surface area contributed by atoms with Gasteiger partial charge in [0.25, 0.3) is 11.8 Å². The van der Waals surface area contributed by atoms with Crippen molar-refractivity contribution in [1.29, 1.82) is 0 Å². The quantitative estimate of drug-likeness (QED) is 0.570. The summed E-state index contributed by atoms with van der Waals surface area (Å²) >= 11 is 0. The van der Waals surface area contributed by atoms with Crippen molar-refractivity contribution < 1.29 is 19.7 Å². The van der Waals surface area contributed by atoms with Crippen molar-refractivity contribution in [3.8, 4) is 23.1 Å². The van der Waals surface area contributed by atoms with Crippen LogP contribution in [0.1, 0.15) is 16.1 Å². The molecule has 0 saturated heterocycles. The highest BCUT2D eigenvalue weighted by Crippen LogP contribution is 2.28. The number of nitrogens with zero attached hydrogens (tertiary/aromatic N) is 3. The van der Waals surface area contributed by atoms with E-state index in [1.165, 1.54) is 13.3 Å². The summed E-state index contributed by atoms with van der Waals surface area (Å²) in [5.41, 5.74) is 0.960. The Morgan fingerprint density at radius 2 is 1.85 bits per heavy atom. The number of carbonyl (C=O) groups is 1. The van der Waals surface area contributed by atoms with Crippen molar-refractivity contribution >= 4 is 5.91 Å². The molecule has 0 bridgehead atoms. The van der Waals surface area contributed by atoms with Crippen LogP contribution >= 0.6 is 0 Å². The van der Waals surface area contributed by atoms with Crippen LogP contribution in [-0.4, -0.2) is 44.4 Å². The summed E-state index contributed by atoms with van der Waals surface area (Å²) in [5.74, 6) is -2.09. The van der Waals surface area contributed by atoms with Gasteiger partial charge in [0, 0.05) is 19.7 Å². The van der Waals surface area contributed by atoms with E-state index in [-0.39, 0.29) is 11.5 Å². The molecule has 0 radical (unpaired) electrons. The van der Waals surface area contributed by atoms with Gasteiger partial charge >= 0.3 is 0 Å². The van der Waals surface area contributed by atoms with Gasteiger partial charge in [-0.25, -0.2) is 4.98 Å². The average Bonchev–Trinajstić information content (AvgIpc) is 2.70. The van der Waals surface area contributed by atoms with Crippen molar-refractivity contribution in [3.05, 3.63) is 66.0 Å². The normalized spacial score (nSPS) is 11.7. The van der Waals surface area contributed by atoms with E-state index in [0.717, 1.165) is 5.56 Å². The summed E-state index contributed by atoms with van der Waals surface area (Å²) in [7, 11) is 1.46. The number of rotatable bonds is 6. The second-order valence-electron chi connectivity index (χ2n) is 5.67. The van der Waals surface area contributed by atoms with Crippen molar-refractivity contribution in [2.24, 2.45) is 0 Å². The highest BCUT2D eigenvalue weighted by molar-refractivity contribution is 5.96. The molecule has 2 heterocycles. The van der Waals surface area contributed by atoms with Crippen LogP contribution in [0, 0.1) is 0 Å². The first-order chi connectivity index (χ1) is 13.1. The van der Waals surface area contributed by atoms with Crippen molar-refractivity contribution in [1.82, 2.24) is 20.3 Å². The Balaban J connectivity index is 1.84. The molecule has 8 nitrogen and oxygen atoms in total. The molecular formula is C19H18N4O4. The number of carbonyl (C=O) groups excluding carboxylic acids is 1. The lowest BCUT2D eigenvalue weighted by Gasteiger charge is -2.17. The second kappa shape index (κ2) is 8.24. The number of aromatic nitrogens is 3. The van der Waals surface area contributed by atoms with E-state index in [2.05, 4.69) is 20.3 Å². The van der Waals surface area contributed by atoms with Crippen LogP contribution in [0.15, 0.2) is 54.7 Å². The Bertz CT molecular complexity index is 920. The molecule has 0 spiro atoms. The molecule has 1 amide bonds. The van der Waals surface area contributed by atoms with Crippen LogP contribution < -0.4 is 5.32 Å². The van der Waals surface area contributed by atoms with Gasteiger partial charge in [0.15, 0.2) is 11.5 Å². The number of benzene rings is 1. The third-order valence-electron chi connectivity index (χ3n) is 3.82. The first-order valence-electron chi connectivity index (χ1n) is 8.17. The van der Waals surface area contributed by atoms with Gasteiger partial charge in [-0.1, -0.05) is 36.4 Å². The Kier molecular flexibility index (Phi) is 5.58. The number of nitrogens with one attached hydrogen (secondary N) is 1. The Morgan fingerprint density at radius 3 is 2.52 bits per heavy atom. The van der Waals surface area contributed by atoms with E-state index < -0.39 is 23.8 Å².